The molecule has 1 aromatic heterocycles. The number of nitrogens with zero attached hydrogens (tertiary/aromatic N) is 4. The maximum absolute atomic E-state index is 9.02. The molecule has 0 radical (unpaired) electrons. The molecule has 17 heavy (non-hydrogen) atoms. The molecule has 86 valence electrons. The fourth-order valence-corrected chi connectivity index (χ4v) is 1.54. The number of hydrogen-bond donors (Lipinski definition) is 1. The lowest BCUT2D eigenvalue weighted by Crippen LogP contribution is -2.03. The van der Waals surface area contributed by atoms with Gasteiger partial charge in [0.25, 0.3) is 0 Å². The maximum atomic E-state index is 9.02. The molecule has 0 aliphatic carbocycles. The van der Waals surface area contributed by atoms with Crippen LogP contribution in [0.1, 0.15) is 17.0 Å². The summed E-state index contributed by atoms with van der Waals surface area (Å²) in [4.78, 5) is 4.11. The van der Waals surface area contributed by atoms with Gasteiger partial charge in [-0.2, -0.15) is 10.4 Å². The summed E-state index contributed by atoms with van der Waals surface area (Å²) in [6, 6.07) is 7.89. The largest absolute Gasteiger partial charge is 0.377 e. The molecule has 5 heteroatoms. The molecule has 1 N–H and O–H groups in total. The van der Waals surface area contributed by atoms with Crippen LogP contribution in [0.2, 0.25) is 0 Å². The van der Waals surface area contributed by atoms with Crippen LogP contribution in [0.4, 0.5) is 5.69 Å². The molecule has 2 rings (SSSR count). The summed E-state index contributed by atoms with van der Waals surface area (Å²) >= 11 is 0. The van der Waals surface area contributed by atoms with Crippen LogP contribution in [0.15, 0.2) is 24.5 Å². The number of aromatic nitrogens is 3. The number of nitrogens with one attached hydrogen (secondary N) is 1. The van der Waals surface area contributed by atoms with Crippen molar-refractivity contribution in [2.45, 2.75) is 13.5 Å². The molecule has 0 saturated heterocycles. The highest BCUT2D eigenvalue weighted by Gasteiger charge is 2.03. The molecule has 1 aromatic carbocycles. The van der Waals surface area contributed by atoms with E-state index < -0.39 is 0 Å². The lowest BCUT2D eigenvalue weighted by molar-refractivity contribution is 0.747. The van der Waals surface area contributed by atoms with Crippen molar-refractivity contribution in [1.82, 2.24) is 14.8 Å². The Kier molecular flexibility index (Phi) is 3.06. The Bertz CT molecular complexity index is 565. The van der Waals surface area contributed by atoms with Crippen LogP contribution in [0.25, 0.3) is 0 Å². The van der Waals surface area contributed by atoms with Crippen molar-refractivity contribution in [3.05, 3.63) is 41.5 Å². The first-order chi connectivity index (χ1) is 8.19. The predicted molar refractivity (Wildman–Crippen MR) is 64.2 cm³/mol. The first-order valence-corrected chi connectivity index (χ1v) is 5.28. The number of hydrogen-bond acceptors (Lipinski definition) is 4. The van der Waals surface area contributed by atoms with Gasteiger partial charge in [-0.1, -0.05) is 6.07 Å². The molecule has 1 heterocycles. The second kappa shape index (κ2) is 4.66. The van der Waals surface area contributed by atoms with E-state index in [1.54, 1.807) is 11.0 Å². The summed E-state index contributed by atoms with van der Waals surface area (Å²) in [5.41, 5.74) is 2.52. The highest BCUT2D eigenvalue weighted by molar-refractivity contribution is 5.58. The lowest BCUT2D eigenvalue weighted by atomic mass is 10.1. The Morgan fingerprint density at radius 2 is 2.29 bits per heavy atom. The lowest BCUT2D eigenvalue weighted by Gasteiger charge is -2.06. The number of rotatable bonds is 3. The Labute approximate surface area is 99.7 Å². The van der Waals surface area contributed by atoms with Gasteiger partial charge in [-0.05, 0) is 24.6 Å². The summed E-state index contributed by atoms with van der Waals surface area (Å²) in [5.74, 6) is 0.706. The number of anilines is 1. The quantitative estimate of drug-likeness (QED) is 0.865. The van der Waals surface area contributed by atoms with Crippen molar-refractivity contribution in [1.29, 1.82) is 5.26 Å². The van der Waals surface area contributed by atoms with Gasteiger partial charge in [-0.15, -0.1) is 0 Å². The third-order valence-corrected chi connectivity index (χ3v) is 2.38. The smallest absolute Gasteiger partial charge is 0.169 e. The highest BCUT2D eigenvalue weighted by atomic mass is 15.3. The van der Waals surface area contributed by atoms with Crippen LogP contribution >= 0.6 is 0 Å². The van der Waals surface area contributed by atoms with Crippen molar-refractivity contribution < 1.29 is 0 Å². The summed E-state index contributed by atoms with van der Waals surface area (Å²) in [5, 5.41) is 16.3. The fourth-order valence-electron chi connectivity index (χ4n) is 1.54. The monoisotopic (exact) mass is 227 g/mol. The Morgan fingerprint density at radius 1 is 1.47 bits per heavy atom. The molecule has 0 aliphatic heterocycles. The Morgan fingerprint density at radius 3 is 2.94 bits per heavy atom. The molecule has 0 atom stereocenters. The van der Waals surface area contributed by atoms with E-state index in [4.69, 9.17) is 5.26 Å². The van der Waals surface area contributed by atoms with Gasteiger partial charge in [-0.25, -0.2) is 4.98 Å². The van der Waals surface area contributed by atoms with Gasteiger partial charge in [0.2, 0.25) is 0 Å². The summed E-state index contributed by atoms with van der Waals surface area (Å²) in [6.45, 7) is 2.48. The number of aryl methyl sites for hydroxylation is 2. The first kappa shape index (κ1) is 11.1. The van der Waals surface area contributed by atoms with Crippen LogP contribution in [-0.4, -0.2) is 14.8 Å². The van der Waals surface area contributed by atoms with E-state index in [1.807, 2.05) is 32.2 Å². The normalized spacial score (nSPS) is 9.94. The zero-order valence-corrected chi connectivity index (χ0v) is 9.81. The standard InChI is InChI=1S/C12H13N5/c1-9-3-4-11(10(5-9)6-13)14-7-12-15-8-17(2)16-12/h3-5,8,14H,7H2,1-2H3. The van der Waals surface area contributed by atoms with E-state index >= 15 is 0 Å². The molecule has 0 unspecified atom stereocenters. The van der Waals surface area contributed by atoms with Crippen LogP contribution in [-0.2, 0) is 13.6 Å². The maximum Gasteiger partial charge on any atom is 0.169 e. The van der Waals surface area contributed by atoms with Gasteiger partial charge < -0.3 is 5.32 Å². The molecule has 2 aromatic rings. The third-order valence-electron chi connectivity index (χ3n) is 2.38. The van der Waals surface area contributed by atoms with Gasteiger partial charge in [0.15, 0.2) is 5.82 Å². The minimum absolute atomic E-state index is 0.512. The zero-order chi connectivity index (χ0) is 12.3. The van der Waals surface area contributed by atoms with Crippen LogP contribution in [0.3, 0.4) is 0 Å². The molecule has 0 saturated carbocycles. The highest BCUT2D eigenvalue weighted by Crippen LogP contribution is 2.16. The van der Waals surface area contributed by atoms with Gasteiger partial charge in [0.1, 0.15) is 12.4 Å². The molecule has 0 aliphatic rings. The van der Waals surface area contributed by atoms with E-state index in [9.17, 15) is 0 Å². The number of nitriles is 1. The van der Waals surface area contributed by atoms with Gasteiger partial charge in [0.05, 0.1) is 17.8 Å². The van der Waals surface area contributed by atoms with Crippen molar-refractivity contribution in [2.24, 2.45) is 7.05 Å². The molecule has 5 nitrogen and oxygen atoms in total. The van der Waals surface area contributed by atoms with Gasteiger partial charge in [-0.3, -0.25) is 4.68 Å². The second-order valence-corrected chi connectivity index (χ2v) is 3.85. The molecule has 0 bridgehead atoms. The van der Waals surface area contributed by atoms with Crippen molar-refractivity contribution in [3.8, 4) is 6.07 Å². The predicted octanol–water partition coefficient (Wildman–Crippen LogP) is 1.61. The van der Waals surface area contributed by atoms with Crippen LogP contribution in [0, 0.1) is 18.3 Å². The molecule has 0 amide bonds. The zero-order valence-electron chi connectivity index (χ0n) is 9.81. The molecule has 0 fully saturated rings. The molecule has 0 spiro atoms. The second-order valence-electron chi connectivity index (χ2n) is 3.85. The average molecular weight is 227 g/mol. The van der Waals surface area contributed by atoms with Gasteiger partial charge >= 0.3 is 0 Å². The van der Waals surface area contributed by atoms with Crippen LogP contribution < -0.4 is 5.32 Å². The van der Waals surface area contributed by atoms with Gasteiger partial charge in [0, 0.05) is 7.05 Å². The van der Waals surface area contributed by atoms with E-state index in [2.05, 4.69) is 21.5 Å². The Balaban J connectivity index is 2.12. The van der Waals surface area contributed by atoms with E-state index in [1.165, 1.54) is 0 Å². The first-order valence-electron chi connectivity index (χ1n) is 5.28. The topological polar surface area (TPSA) is 66.5 Å². The molecular formula is C12H13N5. The van der Waals surface area contributed by atoms with E-state index in [0.29, 0.717) is 17.9 Å². The number of benzene rings is 1. The summed E-state index contributed by atoms with van der Waals surface area (Å²) in [6.07, 6.45) is 1.65. The third kappa shape index (κ3) is 2.61. The van der Waals surface area contributed by atoms with E-state index in [-0.39, 0.29) is 0 Å². The van der Waals surface area contributed by atoms with Crippen LogP contribution in [0.5, 0.6) is 0 Å². The van der Waals surface area contributed by atoms with Crippen molar-refractivity contribution in [3.63, 3.8) is 0 Å². The summed E-state index contributed by atoms with van der Waals surface area (Å²) in [7, 11) is 1.82. The SMILES string of the molecule is Cc1ccc(NCc2ncn(C)n2)c(C#N)c1. The minimum Gasteiger partial charge on any atom is -0.377 e. The van der Waals surface area contributed by atoms with Crippen molar-refractivity contribution in [2.75, 3.05) is 5.32 Å². The summed E-state index contributed by atoms with van der Waals surface area (Å²) < 4.78 is 1.65. The van der Waals surface area contributed by atoms with Crippen molar-refractivity contribution >= 4 is 5.69 Å². The van der Waals surface area contributed by atoms with E-state index in [0.717, 1.165) is 11.3 Å². The molecular weight excluding hydrogens is 214 g/mol. The Hall–Kier alpha value is -2.35. The minimum atomic E-state index is 0.512. The fraction of sp³-hybridized carbons (Fsp3) is 0.250. The average Bonchev–Trinajstić information content (AvgIpc) is 2.73.